The van der Waals surface area contributed by atoms with Crippen LogP contribution in [0.5, 0.6) is 0 Å². The Hall–Kier alpha value is -0.710. The van der Waals surface area contributed by atoms with Crippen LogP contribution in [0, 0.1) is 0 Å². The lowest BCUT2D eigenvalue weighted by atomic mass is 10.2. The van der Waals surface area contributed by atoms with Gasteiger partial charge in [-0.15, -0.1) is 0 Å². The average molecular weight is 174 g/mol. The zero-order valence-corrected chi connectivity index (χ0v) is 6.86. The van der Waals surface area contributed by atoms with Crippen molar-refractivity contribution < 1.29 is 9.59 Å². The lowest BCUT2D eigenvalue weighted by molar-refractivity contribution is -0.133. The summed E-state index contributed by atoms with van der Waals surface area (Å²) >= 11 is 3.97. The molecule has 0 aromatic rings. The lowest BCUT2D eigenvalue weighted by Crippen LogP contribution is -2.56. The van der Waals surface area contributed by atoms with Gasteiger partial charge in [0.1, 0.15) is 6.04 Å². The Labute approximate surface area is 70.1 Å². The Morgan fingerprint density at radius 2 is 2.27 bits per heavy atom. The van der Waals surface area contributed by atoms with Crippen LogP contribution in [0.2, 0.25) is 0 Å². The maximum absolute atomic E-state index is 11.0. The molecule has 1 saturated heterocycles. The van der Waals surface area contributed by atoms with Crippen molar-refractivity contribution in [1.29, 1.82) is 0 Å². The van der Waals surface area contributed by atoms with E-state index in [4.69, 9.17) is 0 Å². The highest BCUT2D eigenvalue weighted by Crippen LogP contribution is 1.97. The molecule has 0 bridgehead atoms. The van der Waals surface area contributed by atoms with E-state index in [2.05, 4.69) is 23.3 Å². The van der Waals surface area contributed by atoms with Crippen LogP contribution in [0.25, 0.3) is 0 Å². The minimum absolute atomic E-state index is 0.0991. The molecule has 1 heterocycles. The summed E-state index contributed by atoms with van der Waals surface area (Å²) in [6.07, 6.45) is 0.584. The van der Waals surface area contributed by atoms with Crippen LogP contribution in [0.1, 0.15) is 6.42 Å². The van der Waals surface area contributed by atoms with Gasteiger partial charge >= 0.3 is 0 Å². The van der Waals surface area contributed by atoms with Crippen molar-refractivity contribution in [3.8, 4) is 0 Å². The van der Waals surface area contributed by atoms with E-state index < -0.39 is 0 Å². The van der Waals surface area contributed by atoms with E-state index in [-0.39, 0.29) is 24.4 Å². The van der Waals surface area contributed by atoms with Crippen LogP contribution in [-0.4, -0.2) is 30.2 Å². The van der Waals surface area contributed by atoms with Crippen molar-refractivity contribution in [3.63, 3.8) is 0 Å². The molecule has 1 unspecified atom stereocenters. The number of hydrogen-bond acceptors (Lipinski definition) is 3. The molecule has 1 fully saturated rings. The Bertz CT molecular complexity index is 183. The van der Waals surface area contributed by atoms with Gasteiger partial charge in [0.25, 0.3) is 0 Å². The van der Waals surface area contributed by atoms with Gasteiger partial charge in [-0.05, 0) is 12.2 Å². The summed E-state index contributed by atoms with van der Waals surface area (Å²) in [7, 11) is 0. The van der Waals surface area contributed by atoms with E-state index in [0.29, 0.717) is 12.2 Å². The van der Waals surface area contributed by atoms with E-state index in [1.165, 1.54) is 0 Å². The molecule has 62 valence electrons. The van der Waals surface area contributed by atoms with Gasteiger partial charge < -0.3 is 10.6 Å². The van der Waals surface area contributed by atoms with Gasteiger partial charge in [-0.25, -0.2) is 0 Å². The highest BCUT2D eigenvalue weighted by atomic mass is 32.1. The lowest BCUT2D eigenvalue weighted by Gasteiger charge is -2.22. The second-order valence-corrected chi connectivity index (χ2v) is 2.80. The largest absolute Gasteiger partial charge is 0.345 e. The Morgan fingerprint density at radius 3 is 2.91 bits per heavy atom. The molecule has 1 rings (SSSR count). The molecule has 2 amide bonds. The molecule has 11 heavy (non-hydrogen) atoms. The zero-order valence-electron chi connectivity index (χ0n) is 5.96. The van der Waals surface area contributed by atoms with Crippen molar-refractivity contribution in [2.24, 2.45) is 0 Å². The summed E-state index contributed by atoms with van der Waals surface area (Å²) in [5, 5.41) is 5.05. The SMILES string of the molecule is O=C1CNC(=O)C(CCS)N1. The van der Waals surface area contributed by atoms with Crippen LogP contribution in [0.4, 0.5) is 0 Å². The fraction of sp³-hybridized carbons (Fsp3) is 0.667. The molecule has 0 saturated carbocycles. The average Bonchev–Trinajstić information content (AvgIpc) is 1.98. The van der Waals surface area contributed by atoms with Crippen LogP contribution in [0.15, 0.2) is 0 Å². The summed E-state index contributed by atoms with van der Waals surface area (Å²) < 4.78 is 0. The number of nitrogens with one attached hydrogen (secondary N) is 2. The molecule has 0 aromatic heterocycles. The molecule has 5 heteroatoms. The fourth-order valence-electron chi connectivity index (χ4n) is 0.934. The Kier molecular flexibility index (Phi) is 2.76. The summed E-state index contributed by atoms with van der Waals surface area (Å²) in [5.74, 6) is 0.355. The topological polar surface area (TPSA) is 58.2 Å². The number of amides is 2. The molecule has 1 aliphatic rings. The fourth-order valence-corrected chi connectivity index (χ4v) is 1.19. The molecule has 1 atom stereocenters. The minimum atomic E-state index is -0.381. The summed E-state index contributed by atoms with van der Waals surface area (Å²) in [5.41, 5.74) is 0. The van der Waals surface area contributed by atoms with Crippen molar-refractivity contribution in [2.75, 3.05) is 12.3 Å². The molecule has 1 aliphatic heterocycles. The number of hydrogen-bond donors (Lipinski definition) is 3. The second-order valence-electron chi connectivity index (χ2n) is 2.35. The molecule has 4 nitrogen and oxygen atoms in total. The molecule has 0 radical (unpaired) electrons. The van der Waals surface area contributed by atoms with Gasteiger partial charge in [0.05, 0.1) is 6.54 Å². The van der Waals surface area contributed by atoms with E-state index in [1.54, 1.807) is 0 Å². The quantitative estimate of drug-likeness (QED) is 0.466. The normalized spacial score (nSPS) is 24.3. The number of carbonyl (C=O) groups excluding carboxylic acids is 2. The van der Waals surface area contributed by atoms with E-state index in [0.717, 1.165) is 0 Å². The van der Waals surface area contributed by atoms with Crippen LogP contribution < -0.4 is 10.6 Å². The third kappa shape index (κ3) is 2.11. The maximum atomic E-state index is 11.0. The standard InChI is InChI=1S/C6H10N2O2S/c9-5-3-7-6(10)4(8-5)1-2-11/h4,11H,1-3H2,(H,7,10)(H,8,9). The molecule has 0 spiro atoms. The number of carbonyl (C=O) groups is 2. The first kappa shape index (κ1) is 8.39. The van der Waals surface area contributed by atoms with E-state index >= 15 is 0 Å². The van der Waals surface area contributed by atoms with Crippen molar-refractivity contribution in [3.05, 3.63) is 0 Å². The van der Waals surface area contributed by atoms with Crippen LogP contribution in [-0.2, 0) is 9.59 Å². The first-order chi connectivity index (χ1) is 5.24. The number of thiol groups is 1. The van der Waals surface area contributed by atoms with Gasteiger partial charge in [-0.2, -0.15) is 12.6 Å². The predicted molar refractivity (Wildman–Crippen MR) is 43.4 cm³/mol. The highest BCUT2D eigenvalue weighted by molar-refractivity contribution is 7.80. The van der Waals surface area contributed by atoms with Crippen LogP contribution >= 0.6 is 12.6 Å². The molecule has 2 N–H and O–H groups in total. The highest BCUT2D eigenvalue weighted by Gasteiger charge is 2.24. The first-order valence-electron chi connectivity index (χ1n) is 3.42. The Balaban J connectivity index is 2.47. The van der Waals surface area contributed by atoms with Gasteiger partial charge in [-0.1, -0.05) is 0 Å². The first-order valence-corrected chi connectivity index (χ1v) is 4.05. The van der Waals surface area contributed by atoms with Gasteiger partial charge in [0, 0.05) is 0 Å². The monoisotopic (exact) mass is 174 g/mol. The second kappa shape index (κ2) is 3.61. The number of piperazine rings is 1. The minimum Gasteiger partial charge on any atom is -0.345 e. The van der Waals surface area contributed by atoms with Crippen molar-refractivity contribution in [1.82, 2.24) is 10.6 Å². The summed E-state index contributed by atoms with van der Waals surface area (Å²) in [4.78, 5) is 21.7. The Morgan fingerprint density at radius 1 is 1.55 bits per heavy atom. The molecular weight excluding hydrogens is 164 g/mol. The third-order valence-corrected chi connectivity index (χ3v) is 1.75. The zero-order chi connectivity index (χ0) is 8.27. The van der Waals surface area contributed by atoms with Crippen molar-refractivity contribution >= 4 is 24.4 Å². The van der Waals surface area contributed by atoms with Gasteiger partial charge in [0.15, 0.2) is 0 Å². The smallest absolute Gasteiger partial charge is 0.243 e. The molecule has 0 aliphatic carbocycles. The third-order valence-electron chi connectivity index (χ3n) is 1.49. The molecule has 0 aromatic carbocycles. The maximum Gasteiger partial charge on any atom is 0.243 e. The van der Waals surface area contributed by atoms with Gasteiger partial charge in [-0.3, -0.25) is 9.59 Å². The van der Waals surface area contributed by atoms with E-state index in [9.17, 15) is 9.59 Å². The van der Waals surface area contributed by atoms with Gasteiger partial charge in [0.2, 0.25) is 11.8 Å². The van der Waals surface area contributed by atoms with Crippen LogP contribution in [0.3, 0.4) is 0 Å². The van der Waals surface area contributed by atoms with E-state index in [1.807, 2.05) is 0 Å². The predicted octanol–water partition coefficient (Wildman–Crippen LogP) is -1.08. The summed E-state index contributed by atoms with van der Waals surface area (Å²) in [6.45, 7) is 0.0991. The summed E-state index contributed by atoms with van der Waals surface area (Å²) in [6, 6.07) is -0.381. The number of rotatable bonds is 2. The molecular formula is C6H10N2O2S. The van der Waals surface area contributed by atoms with Crippen molar-refractivity contribution in [2.45, 2.75) is 12.5 Å².